The smallest absolute Gasteiger partial charge is 0.279 e. The molecule has 0 saturated carbocycles. The van der Waals surface area contributed by atoms with Crippen LogP contribution in [-0.4, -0.2) is 26.5 Å². The fraction of sp³-hybridized carbons (Fsp3) is 0.172. The van der Waals surface area contributed by atoms with Crippen LogP contribution in [0.15, 0.2) is 78.5 Å². The third-order valence-electron chi connectivity index (χ3n) is 6.71. The van der Waals surface area contributed by atoms with E-state index in [-0.39, 0.29) is 11.7 Å². The molecule has 0 spiro atoms. The minimum Gasteiger partial charge on any atom is -0.295 e. The Morgan fingerprint density at radius 3 is 2.59 bits per heavy atom. The van der Waals surface area contributed by atoms with Crippen molar-refractivity contribution in [2.24, 2.45) is 0 Å². The molecule has 4 aromatic rings. The van der Waals surface area contributed by atoms with Crippen LogP contribution in [0.3, 0.4) is 0 Å². The molecule has 5 nitrogen and oxygen atoms in total. The van der Waals surface area contributed by atoms with Crippen molar-refractivity contribution in [1.29, 1.82) is 0 Å². The number of hydrogen-bond donors (Lipinski definition) is 0. The zero-order valence-corrected chi connectivity index (χ0v) is 18.9. The molecule has 0 unspecified atom stereocenters. The maximum Gasteiger partial charge on any atom is 0.279 e. The first kappa shape index (κ1) is 20.5. The van der Waals surface area contributed by atoms with Crippen LogP contribution in [0.1, 0.15) is 47.8 Å². The van der Waals surface area contributed by atoms with Gasteiger partial charge in [0.05, 0.1) is 11.2 Å². The minimum atomic E-state index is -0.131. The molecule has 0 N–H and O–H groups in total. The second-order valence-corrected chi connectivity index (χ2v) is 8.99. The molecule has 2 aliphatic rings. The predicted molar refractivity (Wildman–Crippen MR) is 133 cm³/mol. The van der Waals surface area contributed by atoms with Crippen LogP contribution in [0.2, 0.25) is 0 Å². The van der Waals surface area contributed by atoms with Crippen LogP contribution >= 0.6 is 0 Å². The molecule has 5 heteroatoms. The van der Waals surface area contributed by atoms with Gasteiger partial charge in [-0.3, -0.25) is 14.6 Å². The summed E-state index contributed by atoms with van der Waals surface area (Å²) in [5, 5.41) is 5.84. The monoisotopic (exact) mass is 445 g/mol. The highest BCUT2D eigenvalue weighted by molar-refractivity contribution is 6.23. The molecule has 34 heavy (non-hydrogen) atoms. The van der Waals surface area contributed by atoms with E-state index < -0.39 is 0 Å². The van der Waals surface area contributed by atoms with E-state index in [1.807, 2.05) is 67.6 Å². The van der Waals surface area contributed by atoms with E-state index in [0.29, 0.717) is 18.4 Å². The lowest BCUT2D eigenvalue weighted by atomic mass is 9.86. The lowest BCUT2D eigenvalue weighted by Crippen LogP contribution is -2.23. The summed E-state index contributed by atoms with van der Waals surface area (Å²) in [6.45, 7) is 2.02. The number of allylic oxidation sites excluding steroid dienone is 4. The van der Waals surface area contributed by atoms with Gasteiger partial charge in [-0.2, -0.15) is 9.78 Å². The molecule has 0 radical (unpaired) electrons. The molecule has 2 aromatic carbocycles. The Morgan fingerprint density at radius 2 is 1.76 bits per heavy atom. The van der Waals surface area contributed by atoms with Gasteiger partial charge in [0.25, 0.3) is 5.91 Å². The largest absolute Gasteiger partial charge is 0.295 e. The number of carbonyl (C=O) groups is 2. The molecule has 2 aromatic heterocycles. The summed E-state index contributed by atoms with van der Waals surface area (Å²) >= 11 is 0. The predicted octanol–water partition coefficient (Wildman–Crippen LogP) is 5.90. The van der Waals surface area contributed by atoms with Crippen LogP contribution in [0, 0.1) is 0 Å². The average Bonchev–Trinajstić information content (AvgIpc) is 3.24. The second kappa shape index (κ2) is 8.03. The lowest BCUT2D eigenvalue weighted by Gasteiger charge is -2.21. The van der Waals surface area contributed by atoms with Gasteiger partial charge in [-0.05, 0) is 55.2 Å². The van der Waals surface area contributed by atoms with Gasteiger partial charge >= 0.3 is 0 Å². The van der Waals surface area contributed by atoms with E-state index in [0.717, 1.165) is 63.0 Å². The number of nitrogens with zero attached hydrogens (tertiary/aromatic N) is 3. The zero-order chi connectivity index (χ0) is 23.2. The molecule has 0 saturated heterocycles. The van der Waals surface area contributed by atoms with Crippen LogP contribution in [0.4, 0.5) is 0 Å². The number of ketones is 1. The Balaban J connectivity index is 1.53. The number of hydrogen-bond acceptors (Lipinski definition) is 4. The highest BCUT2D eigenvalue weighted by atomic mass is 16.2. The van der Waals surface area contributed by atoms with Crippen LogP contribution in [-0.2, 0) is 11.2 Å². The van der Waals surface area contributed by atoms with Crippen molar-refractivity contribution in [1.82, 2.24) is 14.8 Å². The zero-order valence-electron chi connectivity index (χ0n) is 18.9. The first-order chi connectivity index (χ1) is 16.6. The van der Waals surface area contributed by atoms with Gasteiger partial charge in [-0.1, -0.05) is 48.0 Å². The van der Waals surface area contributed by atoms with Gasteiger partial charge in [-0.15, -0.1) is 0 Å². The van der Waals surface area contributed by atoms with Crippen molar-refractivity contribution in [3.8, 4) is 11.3 Å². The van der Waals surface area contributed by atoms with E-state index in [2.05, 4.69) is 4.98 Å². The Labute approximate surface area is 197 Å². The Kier molecular flexibility index (Phi) is 4.84. The van der Waals surface area contributed by atoms with Gasteiger partial charge < -0.3 is 0 Å². The molecular weight excluding hydrogens is 422 g/mol. The average molecular weight is 446 g/mol. The summed E-state index contributed by atoms with van der Waals surface area (Å²) in [5.74, 6) is 0.00762. The van der Waals surface area contributed by atoms with E-state index in [4.69, 9.17) is 5.10 Å². The summed E-state index contributed by atoms with van der Waals surface area (Å²) in [5.41, 5.74) is 7.96. The van der Waals surface area contributed by atoms with Crippen LogP contribution in [0.5, 0.6) is 0 Å². The molecule has 0 amide bonds. The minimum absolute atomic E-state index is 0.131. The fourth-order valence-corrected chi connectivity index (χ4v) is 5.14. The van der Waals surface area contributed by atoms with Gasteiger partial charge in [0.2, 0.25) is 0 Å². The summed E-state index contributed by atoms with van der Waals surface area (Å²) in [4.78, 5) is 30.5. The van der Waals surface area contributed by atoms with Crippen molar-refractivity contribution < 1.29 is 9.59 Å². The topological polar surface area (TPSA) is 64.8 Å². The molecule has 1 aliphatic carbocycles. The van der Waals surface area contributed by atoms with Gasteiger partial charge in [0.1, 0.15) is 5.69 Å². The van der Waals surface area contributed by atoms with E-state index in [1.165, 1.54) is 0 Å². The first-order valence-electron chi connectivity index (χ1n) is 11.6. The fourth-order valence-electron chi connectivity index (χ4n) is 5.14. The summed E-state index contributed by atoms with van der Waals surface area (Å²) in [7, 11) is 0. The molecule has 0 bridgehead atoms. The van der Waals surface area contributed by atoms with Crippen molar-refractivity contribution in [2.45, 2.75) is 32.6 Å². The van der Waals surface area contributed by atoms with Gasteiger partial charge in [0, 0.05) is 41.1 Å². The third-order valence-corrected chi connectivity index (χ3v) is 6.71. The highest BCUT2D eigenvalue weighted by Crippen LogP contribution is 2.40. The Morgan fingerprint density at radius 1 is 0.912 bits per heavy atom. The number of fused-ring (bicyclic) bond motifs is 2. The Hall–Kier alpha value is -4.12. The second-order valence-electron chi connectivity index (χ2n) is 8.99. The Bertz CT molecular complexity index is 1540. The number of pyridine rings is 1. The van der Waals surface area contributed by atoms with E-state index >= 15 is 0 Å². The molecule has 6 rings (SSSR count). The molecule has 1 aliphatic heterocycles. The van der Waals surface area contributed by atoms with Crippen molar-refractivity contribution in [2.75, 3.05) is 0 Å². The molecule has 0 fully saturated rings. The SMILES string of the molecule is CC1=C(c2ccc3ncccc3c2)C(=O)n2nc(-c3ccccc3)c(C3=CC(=O)CCC3)c2C1. The molecule has 166 valence electrons. The summed E-state index contributed by atoms with van der Waals surface area (Å²) < 4.78 is 1.56. The van der Waals surface area contributed by atoms with Crippen molar-refractivity contribution in [3.63, 3.8) is 0 Å². The van der Waals surface area contributed by atoms with Gasteiger partial charge in [-0.25, -0.2) is 0 Å². The van der Waals surface area contributed by atoms with E-state index in [1.54, 1.807) is 17.0 Å². The summed E-state index contributed by atoms with van der Waals surface area (Å²) in [6, 6.07) is 19.8. The normalized spacial score (nSPS) is 16.1. The van der Waals surface area contributed by atoms with Crippen LogP contribution in [0.25, 0.3) is 33.3 Å². The van der Waals surface area contributed by atoms with E-state index in [9.17, 15) is 9.59 Å². The van der Waals surface area contributed by atoms with Gasteiger partial charge in [0.15, 0.2) is 5.78 Å². The summed E-state index contributed by atoms with van der Waals surface area (Å²) in [6.07, 6.45) is 6.34. The quantitative estimate of drug-likeness (QED) is 0.394. The highest BCUT2D eigenvalue weighted by Gasteiger charge is 2.32. The lowest BCUT2D eigenvalue weighted by molar-refractivity contribution is -0.114. The van der Waals surface area contributed by atoms with Crippen molar-refractivity contribution in [3.05, 3.63) is 95.3 Å². The number of benzene rings is 2. The molecule has 0 atom stereocenters. The molecular formula is C29H23N3O2. The number of rotatable bonds is 3. The third kappa shape index (κ3) is 3.32. The molecule has 3 heterocycles. The maximum absolute atomic E-state index is 13.8. The first-order valence-corrected chi connectivity index (χ1v) is 11.6. The standard InChI is InChI=1S/C29H23N3O2/c1-18-15-25-27(21-9-5-11-23(33)17-21)28(19-7-3-2-4-8-19)31-32(25)29(34)26(18)22-12-13-24-20(16-22)10-6-14-30-24/h2-4,6-8,10,12-14,16-17H,5,9,11,15H2,1H3. The van der Waals surface area contributed by atoms with Crippen LogP contribution < -0.4 is 0 Å². The number of carbonyl (C=O) groups excluding carboxylic acids is 2. The maximum atomic E-state index is 13.8. The van der Waals surface area contributed by atoms with Crippen molar-refractivity contribution >= 4 is 33.7 Å². The number of aromatic nitrogens is 3.